The lowest BCUT2D eigenvalue weighted by Gasteiger charge is -2.15. The lowest BCUT2D eigenvalue weighted by molar-refractivity contribution is 0.101. The zero-order chi connectivity index (χ0) is 24.1. The van der Waals surface area contributed by atoms with E-state index in [1.165, 1.54) is 39.5 Å². The van der Waals surface area contributed by atoms with Crippen molar-refractivity contribution in [3.63, 3.8) is 0 Å². The molecule has 0 aliphatic rings. The second kappa shape index (κ2) is 10.3. The van der Waals surface area contributed by atoms with Crippen LogP contribution in [0.15, 0.2) is 48.5 Å². The molecule has 0 radical (unpaired) electrons. The molecule has 0 unspecified atom stereocenters. The molecule has 2 N–H and O–H groups in total. The SMILES string of the molecule is COc1cc(C(=O)Nc2cc(C(=O)Nc3cccc(C)c3C)ccc2Cl)cc(OC)c1OC. The number of hydrogen-bond donors (Lipinski definition) is 2. The number of aryl methyl sites for hydroxylation is 1. The van der Waals surface area contributed by atoms with Crippen molar-refractivity contribution in [1.29, 1.82) is 0 Å². The zero-order valence-electron chi connectivity index (χ0n) is 19.0. The quantitative estimate of drug-likeness (QED) is 0.479. The number of carbonyl (C=O) groups excluding carboxylic acids is 2. The summed E-state index contributed by atoms with van der Waals surface area (Å²) in [6, 6.07) is 13.4. The monoisotopic (exact) mass is 468 g/mol. The minimum atomic E-state index is -0.455. The molecular formula is C25H25ClN2O5. The second-order valence-electron chi connectivity index (χ2n) is 7.26. The molecule has 0 bridgehead atoms. The van der Waals surface area contributed by atoms with Crippen molar-refractivity contribution in [3.8, 4) is 17.2 Å². The molecule has 0 aromatic heterocycles. The first kappa shape index (κ1) is 23.9. The second-order valence-corrected chi connectivity index (χ2v) is 7.67. The van der Waals surface area contributed by atoms with Gasteiger partial charge in [-0.15, -0.1) is 0 Å². The maximum Gasteiger partial charge on any atom is 0.255 e. The molecule has 7 nitrogen and oxygen atoms in total. The van der Waals surface area contributed by atoms with Crippen LogP contribution < -0.4 is 24.8 Å². The van der Waals surface area contributed by atoms with Crippen LogP contribution in [-0.4, -0.2) is 33.1 Å². The lowest BCUT2D eigenvalue weighted by atomic mass is 10.1. The topological polar surface area (TPSA) is 85.9 Å². The molecule has 172 valence electrons. The summed E-state index contributed by atoms with van der Waals surface area (Å²) in [5.41, 5.74) is 3.69. The predicted octanol–water partition coefficient (Wildman–Crippen LogP) is 5.49. The van der Waals surface area contributed by atoms with Crippen molar-refractivity contribution in [2.75, 3.05) is 32.0 Å². The highest BCUT2D eigenvalue weighted by molar-refractivity contribution is 6.34. The number of anilines is 2. The third-order valence-corrected chi connectivity index (χ3v) is 5.59. The Balaban J connectivity index is 1.86. The number of methoxy groups -OCH3 is 3. The summed E-state index contributed by atoms with van der Waals surface area (Å²) in [6.07, 6.45) is 0. The minimum absolute atomic E-state index is 0.269. The van der Waals surface area contributed by atoms with E-state index in [-0.39, 0.29) is 11.5 Å². The van der Waals surface area contributed by atoms with Crippen LogP contribution in [0.2, 0.25) is 5.02 Å². The Morgan fingerprint density at radius 3 is 1.97 bits per heavy atom. The standard InChI is InChI=1S/C25H25ClN2O5/c1-14-7-6-8-19(15(14)2)27-24(29)16-9-10-18(26)20(11-16)28-25(30)17-12-21(31-3)23(33-5)22(13-17)32-4/h6-13H,1-5H3,(H,27,29)(H,28,30). The van der Waals surface area contributed by atoms with Gasteiger partial charge in [-0.05, 0) is 61.4 Å². The van der Waals surface area contributed by atoms with Crippen LogP contribution in [0.1, 0.15) is 31.8 Å². The van der Waals surface area contributed by atoms with Crippen LogP contribution in [0.4, 0.5) is 11.4 Å². The Hall–Kier alpha value is -3.71. The van der Waals surface area contributed by atoms with Crippen LogP contribution >= 0.6 is 11.6 Å². The van der Waals surface area contributed by atoms with E-state index in [0.29, 0.717) is 33.5 Å². The van der Waals surface area contributed by atoms with Crippen LogP contribution in [0.3, 0.4) is 0 Å². The molecule has 0 aliphatic heterocycles. The van der Waals surface area contributed by atoms with Gasteiger partial charge in [0, 0.05) is 16.8 Å². The number of rotatable bonds is 7. The van der Waals surface area contributed by atoms with Gasteiger partial charge in [0.05, 0.1) is 32.0 Å². The predicted molar refractivity (Wildman–Crippen MR) is 129 cm³/mol. The Kier molecular flexibility index (Phi) is 7.45. The van der Waals surface area contributed by atoms with E-state index < -0.39 is 5.91 Å². The molecule has 3 aromatic rings. The highest BCUT2D eigenvalue weighted by atomic mass is 35.5. The van der Waals surface area contributed by atoms with Crippen LogP contribution in [0, 0.1) is 13.8 Å². The van der Waals surface area contributed by atoms with Crippen molar-refractivity contribution in [2.45, 2.75) is 13.8 Å². The van der Waals surface area contributed by atoms with E-state index >= 15 is 0 Å². The van der Waals surface area contributed by atoms with Crippen LogP contribution in [0.25, 0.3) is 0 Å². The molecule has 0 aliphatic carbocycles. The summed E-state index contributed by atoms with van der Waals surface area (Å²) < 4.78 is 15.9. The number of amides is 2. The fourth-order valence-electron chi connectivity index (χ4n) is 3.25. The molecular weight excluding hydrogens is 444 g/mol. The number of carbonyl (C=O) groups is 2. The van der Waals surface area contributed by atoms with Gasteiger partial charge in [0.2, 0.25) is 5.75 Å². The van der Waals surface area contributed by atoms with Gasteiger partial charge < -0.3 is 24.8 Å². The first-order valence-corrected chi connectivity index (χ1v) is 10.4. The molecule has 0 fully saturated rings. The Morgan fingerprint density at radius 1 is 0.758 bits per heavy atom. The lowest BCUT2D eigenvalue weighted by Crippen LogP contribution is -2.16. The fraction of sp³-hybridized carbons (Fsp3) is 0.200. The molecule has 0 saturated carbocycles. The fourth-order valence-corrected chi connectivity index (χ4v) is 3.41. The molecule has 8 heteroatoms. The summed E-state index contributed by atoms with van der Waals surface area (Å²) in [5, 5.41) is 5.93. The first-order valence-electron chi connectivity index (χ1n) is 10.1. The van der Waals surface area contributed by atoms with Gasteiger partial charge in [-0.2, -0.15) is 0 Å². The molecule has 0 heterocycles. The van der Waals surface area contributed by atoms with E-state index in [4.69, 9.17) is 25.8 Å². The van der Waals surface area contributed by atoms with Crippen LogP contribution in [0.5, 0.6) is 17.2 Å². The van der Waals surface area contributed by atoms with Gasteiger partial charge in [-0.25, -0.2) is 0 Å². The summed E-state index contributed by atoms with van der Waals surface area (Å²) in [7, 11) is 4.41. The average Bonchev–Trinajstić information content (AvgIpc) is 2.82. The summed E-state index contributed by atoms with van der Waals surface area (Å²) >= 11 is 6.29. The number of nitrogens with one attached hydrogen (secondary N) is 2. The molecule has 3 rings (SSSR count). The Morgan fingerprint density at radius 2 is 1.36 bits per heavy atom. The molecule has 0 atom stereocenters. The van der Waals surface area contributed by atoms with Crippen molar-refractivity contribution in [2.24, 2.45) is 0 Å². The third kappa shape index (κ3) is 5.21. The summed E-state index contributed by atoms with van der Waals surface area (Å²) in [4.78, 5) is 25.8. The van der Waals surface area contributed by atoms with Gasteiger partial charge in [-0.1, -0.05) is 23.7 Å². The maximum absolute atomic E-state index is 12.9. The molecule has 2 amide bonds. The van der Waals surface area contributed by atoms with Crippen molar-refractivity contribution in [1.82, 2.24) is 0 Å². The van der Waals surface area contributed by atoms with Gasteiger partial charge in [0.15, 0.2) is 11.5 Å². The van der Waals surface area contributed by atoms with Crippen LogP contribution in [-0.2, 0) is 0 Å². The first-order chi connectivity index (χ1) is 15.8. The van der Waals surface area contributed by atoms with Crippen molar-refractivity contribution in [3.05, 3.63) is 75.8 Å². The van der Waals surface area contributed by atoms with Crippen molar-refractivity contribution < 1.29 is 23.8 Å². The van der Waals surface area contributed by atoms with Gasteiger partial charge in [-0.3, -0.25) is 9.59 Å². The number of halogens is 1. The molecule has 3 aromatic carbocycles. The number of hydrogen-bond acceptors (Lipinski definition) is 5. The normalized spacial score (nSPS) is 10.4. The molecule has 0 spiro atoms. The number of benzene rings is 3. The van der Waals surface area contributed by atoms with Gasteiger partial charge >= 0.3 is 0 Å². The highest BCUT2D eigenvalue weighted by Gasteiger charge is 2.18. The Bertz CT molecular complexity index is 1180. The summed E-state index contributed by atoms with van der Waals surface area (Å²) in [6.45, 7) is 3.92. The van der Waals surface area contributed by atoms with E-state index in [0.717, 1.165) is 16.8 Å². The van der Waals surface area contributed by atoms with E-state index in [1.54, 1.807) is 12.1 Å². The zero-order valence-corrected chi connectivity index (χ0v) is 19.8. The maximum atomic E-state index is 12.9. The largest absolute Gasteiger partial charge is 0.493 e. The molecule has 0 saturated heterocycles. The van der Waals surface area contributed by atoms with E-state index in [2.05, 4.69) is 10.6 Å². The Labute approximate surface area is 197 Å². The van der Waals surface area contributed by atoms with E-state index in [9.17, 15) is 9.59 Å². The summed E-state index contributed by atoms with van der Waals surface area (Å²) in [5.74, 6) is 0.288. The van der Waals surface area contributed by atoms with Crippen molar-refractivity contribution >= 4 is 34.8 Å². The minimum Gasteiger partial charge on any atom is -0.493 e. The molecule has 33 heavy (non-hydrogen) atoms. The smallest absolute Gasteiger partial charge is 0.255 e. The highest BCUT2D eigenvalue weighted by Crippen LogP contribution is 2.38. The third-order valence-electron chi connectivity index (χ3n) is 5.26. The van der Waals surface area contributed by atoms with Gasteiger partial charge in [0.25, 0.3) is 11.8 Å². The number of ether oxygens (including phenoxy) is 3. The average molecular weight is 469 g/mol. The van der Waals surface area contributed by atoms with Gasteiger partial charge in [0.1, 0.15) is 0 Å². The van der Waals surface area contributed by atoms with E-state index in [1.807, 2.05) is 32.0 Å².